The van der Waals surface area contributed by atoms with E-state index in [0.29, 0.717) is 20.6 Å². The smallest absolute Gasteiger partial charge is 0.272 e. The Morgan fingerprint density at radius 3 is 2.29 bits per heavy atom. The summed E-state index contributed by atoms with van der Waals surface area (Å²) in [7, 11) is 0. The molecule has 0 atom stereocenters. The predicted octanol–water partition coefficient (Wildman–Crippen LogP) is 6.47. The van der Waals surface area contributed by atoms with Crippen LogP contribution in [0.15, 0.2) is 47.6 Å². The van der Waals surface area contributed by atoms with Gasteiger partial charge in [-0.1, -0.05) is 46.4 Å². The average Bonchev–Trinajstić information content (AvgIpc) is 2.87. The monoisotopic (exact) mass is 453 g/mol. The number of rotatable bonds is 4. The lowest BCUT2D eigenvalue weighted by atomic mass is 10.2. The molecule has 8 heteroatoms. The molecule has 144 valence electrons. The highest BCUT2D eigenvalue weighted by atomic mass is 35.5. The molecule has 1 heterocycles. The lowest BCUT2D eigenvalue weighted by Crippen LogP contribution is -2.18. The number of aromatic nitrogens is 1. The highest BCUT2D eigenvalue weighted by Crippen LogP contribution is 2.26. The van der Waals surface area contributed by atoms with Crippen LogP contribution >= 0.6 is 46.4 Å². The number of hydrogen-bond acceptors (Lipinski definition) is 2. The highest BCUT2D eigenvalue weighted by Gasteiger charge is 2.12. The molecule has 0 aliphatic heterocycles. The number of carbonyl (C=O) groups excluding carboxylic acids is 1. The molecule has 0 saturated heterocycles. The van der Waals surface area contributed by atoms with Crippen molar-refractivity contribution in [3.05, 3.63) is 85.1 Å². The molecule has 4 nitrogen and oxygen atoms in total. The zero-order valence-corrected chi connectivity index (χ0v) is 18.0. The second-order valence-electron chi connectivity index (χ2n) is 6.11. The van der Waals surface area contributed by atoms with Crippen molar-refractivity contribution < 1.29 is 4.79 Å². The van der Waals surface area contributed by atoms with E-state index in [2.05, 4.69) is 10.5 Å². The van der Waals surface area contributed by atoms with E-state index >= 15 is 0 Å². The van der Waals surface area contributed by atoms with Crippen LogP contribution in [0.3, 0.4) is 0 Å². The molecule has 0 aliphatic carbocycles. The molecule has 0 spiro atoms. The Morgan fingerprint density at radius 1 is 0.964 bits per heavy atom. The zero-order chi connectivity index (χ0) is 20.4. The quantitative estimate of drug-likeness (QED) is 0.356. The van der Waals surface area contributed by atoms with Crippen LogP contribution in [-0.4, -0.2) is 16.7 Å². The topological polar surface area (TPSA) is 46.4 Å². The molecular weight excluding hydrogens is 440 g/mol. The van der Waals surface area contributed by atoms with Gasteiger partial charge in [-0.05, 0) is 56.3 Å². The van der Waals surface area contributed by atoms with E-state index in [1.54, 1.807) is 24.4 Å². The van der Waals surface area contributed by atoms with Gasteiger partial charge in [0.2, 0.25) is 0 Å². The second-order valence-corrected chi connectivity index (χ2v) is 7.83. The van der Waals surface area contributed by atoms with E-state index in [-0.39, 0.29) is 5.02 Å². The minimum absolute atomic E-state index is 0.260. The predicted molar refractivity (Wildman–Crippen MR) is 117 cm³/mol. The van der Waals surface area contributed by atoms with Crippen molar-refractivity contribution in [1.29, 1.82) is 0 Å². The Balaban J connectivity index is 1.82. The Bertz CT molecular complexity index is 1070. The van der Waals surface area contributed by atoms with Crippen LogP contribution in [0.25, 0.3) is 5.69 Å². The van der Waals surface area contributed by atoms with Gasteiger partial charge in [-0.3, -0.25) is 4.79 Å². The molecule has 3 rings (SSSR count). The lowest BCUT2D eigenvalue weighted by Gasteiger charge is -2.10. The summed E-state index contributed by atoms with van der Waals surface area (Å²) in [5.41, 5.74) is 6.37. The molecule has 1 N–H and O–H groups in total. The van der Waals surface area contributed by atoms with E-state index in [1.165, 1.54) is 6.07 Å². The fourth-order valence-electron chi connectivity index (χ4n) is 2.88. The van der Waals surface area contributed by atoms with Gasteiger partial charge in [0.25, 0.3) is 5.91 Å². The van der Waals surface area contributed by atoms with E-state index in [1.807, 2.05) is 36.6 Å². The first kappa shape index (κ1) is 20.7. The van der Waals surface area contributed by atoms with Crippen LogP contribution in [-0.2, 0) is 0 Å². The summed E-state index contributed by atoms with van der Waals surface area (Å²) >= 11 is 24.1. The zero-order valence-electron chi connectivity index (χ0n) is 14.9. The fraction of sp³-hybridized carbons (Fsp3) is 0.100. The van der Waals surface area contributed by atoms with Gasteiger partial charge in [0, 0.05) is 37.7 Å². The number of nitrogens with zero attached hydrogens (tertiary/aromatic N) is 2. The molecule has 0 bridgehead atoms. The molecule has 28 heavy (non-hydrogen) atoms. The Hall–Kier alpha value is -1.98. The molecule has 2 aromatic carbocycles. The lowest BCUT2D eigenvalue weighted by molar-refractivity contribution is 0.0955. The summed E-state index contributed by atoms with van der Waals surface area (Å²) in [5, 5.41) is 5.87. The van der Waals surface area contributed by atoms with Crippen molar-refractivity contribution in [2.45, 2.75) is 13.8 Å². The van der Waals surface area contributed by atoms with Crippen LogP contribution in [0.4, 0.5) is 0 Å². The first-order chi connectivity index (χ1) is 13.3. The van der Waals surface area contributed by atoms with Crippen molar-refractivity contribution >= 4 is 58.5 Å². The third kappa shape index (κ3) is 4.53. The fourth-order valence-corrected chi connectivity index (χ4v) is 3.89. The molecule has 3 aromatic rings. The number of nitrogens with one attached hydrogen (secondary N) is 1. The maximum atomic E-state index is 12.2. The molecule has 1 amide bonds. The van der Waals surface area contributed by atoms with E-state index < -0.39 is 5.91 Å². The molecule has 0 fully saturated rings. The minimum atomic E-state index is -0.423. The SMILES string of the molecule is Cc1cc(/C=N\NC(=O)c2ccc(Cl)cc2Cl)c(C)n1-c1cc(Cl)cc(Cl)c1. The molecule has 0 radical (unpaired) electrons. The van der Waals surface area contributed by atoms with Gasteiger partial charge in [-0.15, -0.1) is 0 Å². The summed E-state index contributed by atoms with van der Waals surface area (Å²) in [6, 6.07) is 11.9. The second kappa shape index (κ2) is 8.58. The van der Waals surface area contributed by atoms with E-state index in [4.69, 9.17) is 46.4 Å². The number of hydrogen-bond donors (Lipinski definition) is 1. The van der Waals surface area contributed by atoms with Crippen molar-refractivity contribution in [3.8, 4) is 5.69 Å². The van der Waals surface area contributed by atoms with Crippen molar-refractivity contribution in [1.82, 2.24) is 9.99 Å². The van der Waals surface area contributed by atoms with Crippen LogP contribution in [0.5, 0.6) is 0 Å². The summed E-state index contributed by atoms with van der Waals surface area (Å²) in [5.74, 6) is -0.423. The molecule has 0 aliphatic rings. The maximum absolute atomic E-state index is 12.2. The minimum Gasteiger partial charge on any atom is -0.318 e. The summed E-state index contributed by atoms with van der Waals surface area (Å²) < 4.78 is 2.01. The van der Waals surface area contributed by atoms with Crippen molar-refractivity contribution in [3.63, 3.8) is 0 Å². The van der Waals surface area contributed by atoms with Gasteiger partial charge in [-0.25, -0.2) is 5.43 Å². The number of halogens is 4. The van der Waals surface area contributed by atoms with Gasteiger partial charge in [0.15, 0.2) is 0 Å². The highest BCUT2D eigenvalue weighted by molar-refractivity contribution is 6.36. The van der Waals surface area contributed by atoms with Crippen LogP contribution in [0.1, 0.15) is 27.3 Å². The summed E-state index contributed by atoms with van der Waals surface area (Å²) in [6.45, 7) is 3.91. The Kier molecular flexibility index (Phi) is 6.36. The van der Waals surface area contributed by atoms with Gasteiger partial charge in [0.1, 0.15) is 0 Å². The summed E-state index contributed by atoms with van der Waals surface area (Å²) in [4.78, 5) is 12.2. The molecule has 0 unspecified atom stereocenters. The number of carbonyl (C=O) groups is 1. The van der Waals surface area contributed by atoms with Gasteiger partial charge in [0.05, 0.1) is 16.8 Å². The average molecular weight is 455 g/mol. The Morgan fingerprint density at radius 2 is 1.64 bits per heavy atom. The van der Waals surface area contributed by atoms with Crippen LogP contribution in [0, 0.1) is 13.8 Å². The largest absolute Gasteiger partial charge is 0.318 e. The Labute approximate surface area is 182 Å². The number of hydrazone groups is 1. The van der Waals surface area contributed by atoms with Gasteiger partial charge >= 0.3 is 0 Å². The van der Waals surface area contributed by atoms with E-state index in [0.717, 1.165) is 22.6 Å². The normalized spacial score (nSPS) is 11.2. The van der Waals surface area contributed by atoms with Crippen molar-refractivity contribution in [2.75, 3.05) is 0 Å². The molecule has 1 aromatic heterocycles. The van der Waals surface area contributed by atoms with Crippen LogP contribution in [0.2, 0.25) is 20.1 Å². The first-order valence-corrected chi connectivity index (χ1v) is 9.71. The standard InChI is InChI=1S/C20H15Cl4N3O/c1-11-5-13(12(2)27(11)17-7-15(22)6-16(23)8-17)10-25-26-20(28)18-4-3-14(21)9-19(18)24/h3-10H,1-2H3,(H,26,28)/b25-10-. The van der Waals surface area contributed by atoms with Crippen molar-refractivity contribution in [2.24, 2.45) is 5.10 Å². The number of amides is 1. The third-order valence-electron chi connectivity index (χ3n) is 4.12. The number of aryl methyl sites for hydroxylation is 1. The summed E-state index contributed by atoms with van der Waals surface area (Å²) in [6.07, 6.45) is 1.58. The van der Waals surface area contributed by atoms with Gasteiger partial charge < -0.3 is 4.57 Å². The first-order valence-electron chi connectivity index (χ1n) is 8.20. The van der Waals surface area contributed by atoms with Crippen LogP contribution < -0.4 is 5.43 Å². The molecular formula is C20H15Cl4N3O. The number of benzene rings is 2. The molecule has 0 saturated carbocycles. The maximum Gasteiger partial charge on any atom is 0.272 e. The third-order valence-corrected chi connectivity index (χ3v) is 5.11. The van der Waals surface area contributed by atoms with Gasteiger partial charge in [-0.2, -0.15) is 5.10 Å². The van der Waals surface area contributed by atoms with E-state index in [9.17, 15) is 4.79 Å².